The summed E-state index contributed by atoms with van der Waals surface area (Å²) in [7, 11) is 0. The van der Waals surface area contributed by atoms with Crippen molar-refractivity contribution in [3.63, 3.8) is 0 Å². The summed E-state index contributed by atoms with van der Waals surface area (Å²) < 4.78 is 0. The molecule has 1 saturated heterocycles. The number of likely N-dealkylation sites (tertiary alicyclic amines) is 1. The monoisotopic (exact) mass is 246 g/mol. The van der Waals surface area contributed by atoms with E-state index in [1.165, 1.54) is 5.56 Å². The molecular formula is C15H22N2O. The summed E-state index contributed by atoms with van der Waals surface area (Å²) in [4.78, 5) is 13.8. The summed E-state index contributed by atoms with van der Waals surface area (Å²) in [5, 5.41) is 2.95. The van der Waals surface area contributed by atoms with E-state index in [9.17, 15) is 4.79 Å². The first-order valence-corrected chi connectivity index (χ1v) is 6.86. The predicted octanol–water partition coefficient (Wildman–Crippen LogP) is 2.67. The van der Waals surface area contributed by atoms with Gasteiger partial charge in [0.05, 0.1) is 0 Å². The zero-order valence-electron chi connectivity index (χ0n) is 11.1. The molecule has 0 radical (unpaired) electrons. The van der Waals surface area contributed by atoms with Crippen LogP contribution in [-0.2, 0) is 6.42 Å². The molecule has 1 aliphatic heterocycles. The Morgan fingerprint density at radius 1 is 1.39 bits per heavy atom. The van der Waals surface area contributed by atoms with E-state index < -0.39 is 0 Å². The zero-order chi connectivity index (χ0) is 12.8. The van der Waals surface area contributed by atoms with Crippen molar-refractivity contribution in [2.75, 3.05) is 19.6 Å². The molecule has 3 nitrogen and oxygen atoms in total. The number of nitrogens with one attached hydrogen (secondary N) is 1. The Morgan fingerprint density at radius 2 is 2.17 bits per heavy atom. The average molecular weight is 246 g/mol. The minimum Gasteiger partial charge on any atom is -0.338 e. The van der Waals surface area contributed by atoms with E-state index in [1.807, 2.05) is 11.0 Å². The molecule has 98 valence electrons. The van der Waals surface area contributed by atoms with Crippen LogP contribution in [0.5, 0.6) is 0 Å². The molecule has 1 N–H and O–H groups in total. The minimum atomic E-state index is 0.104. The van der Waals surface area contributed by atoms with Gasteiger partial charge >= 0.3 is 6.03 Å². The fourth-order valence-corrected chi connectivity index (χ4v) is 2.47. The third-order valence-electron chi connectivity index (χ3n) is 3.47. The van der Waals surface area contributed by atoms with Gasteiger partial charge < -0.3 is 10.2 Å². The van der Waals surface area contributed by atoms with Crippen molar-refractivity contribution in [3.8, 4) is 0 Å². The largest absolute Gasteiger partial charge is 0.338 e. The summed E-state index contributed by atoms with van der Waals surface area (Å²) in [6.07, 6.45) is 3.19. The molecule has 1 aliphatic rings. The summed E-state index contributed by atoms with van der Waals surface area (Å²) in [5.74, 6) is 0.611. The maximum absolute atomic E-state index is 11.8. The summed E-state index contributed by atoms with van der Waals surface area (Å²) >= 11 is 0. The van der Waals surface area contributed by atoms with E-state index in [0.29, 0.717) is 5.92 Å². The number of nitrogens with zero attached hydrogens (tertiary/aromatic N) is 1. The maximum Gasteiger partial charge on any atom is 0.317 e. The summed E-state index contributed by atoms with van der Waals surface area (Å²) in [6.45, 7) is 4.64. The normalized spacial score (nSPS) is 18.9. The van der Waals surface area contributed by atoms with E-state index in [4.69, 9.17) is 0 Å². The van der Waals surface area contributed by atoms with E-state index in [2.05, 4.69) is 36.5 Å². The number of carbonyl (C=O) groups excluding carboxylic acids is 1. The Balaban J connectivity index is 1.80. The van der Waals surface area contributed by atoms with Crippen molar-refractivity contribution < 1.29 is 4.79 Å². The lowest BCUT2D eigenvalue weighted by molar-refractivity contribution is 0.207. The summed E-state index contributed by atoms with van der Waals surface area (Å²) in [6, 6.07) is 10.6. The second-order valence-corrected chi connectivity index (χ2v) is 5.02. The van der Waals surface area contributed by atoms with Crippen LogP contribution < -0.4 is 5.32 Å². The second kappa shape index (κ2) is 6.43. The zero-order valence-corrected chi connectivity index (χ0v) is 11.1. The molecule has 18 heavy (non-hydrogen) atoms. The highest BCUT2D eigenvalue weighted by Crippen LogP contribution is 2.20. The van der Waals surface area contributed by atoms with Crippen LogP contribution in [0.1, 0.15) is 25.3 Å². The maximum atomic E-state index is 11.8. The summed E-state index contributed by atoms with van der Waals surface area (Å²) in [5.41, 5.74) is 1.37. The first-order valence-electron chi connectivity index (χ1n) is 6.86. The van der Waals surface area contributed by atoms with Gasteiger partial charge in [-0.1, -0.05) is 37.3 Å². The first kappa shape index (κ1) is 12.9. The Bertz CT molecular complexity index is 377. The van der Waals surface area contributed by atoms with Gasteiger partial charge in [-0.25, -0.2) is 4.79 Å². The second-order valence-electron chi connectivity index (χ2n) is 5.02. The van der Waals surface area contributed by atoms with Crippen molar-refractivity contribution in [2.45, 2.75) is 26.2 Å². The minimum absolute atomic E-state index is 0.104. The SMILES string of the molecule is CCCNC(=O)N1CCC(Cc2ccccc2)C1. The lowest BCUT2D eigenvalue weighted by Gasteiger charge is -2.17. The molecule has 0 aliphatic carbocycles. The highest BCUT2D eigenvalue weighted by Gasteiger charge is 2.25. The van der Waals surface area contributed by atoms with Gasteiger partial charge in [0.15, 0.2) is 0 Å². The van der Waals surface area contributed by atoms with Crippen LogP contribution in [0.25, 0.3) is 0 Å². The van der Waals surface area contributed by atoms with E-state index in [-0.39, 0.29) is 6.03 Å². The number of hydrogen-bond donors (Lipinski definition) is 1. The topological polar surface area (TPSA) is 32.3 Å². The van der Waals surface area contributed by atoms with Crippen LogP contribution in [0.3, 0.4) is 0 Å². The standard InChI is InChI=1S/C15H22N2O/c1-2-9-16-15(18)17-10-8-14(12-17)11-13-6-4-3-5-7-13/h3-7,14H,2,8-12H2,1H3,(H,16,18). The first-order chi connectivity index (χ1) is 8.79. The van der Waals surface area contributed by atoms with Crippen LogP contribution in [0.2, 0.25) is 0 Å². The molecule has 0 spiro atoms. The fourth-order valence-electron chi connectivity index (χ4n) is 2.47. The van der Waals surface area contributed by atoms with Crippen molar-refractivity contribution in [1.29, 1.82) is 0 Å². The highest BCUT2D eigenvalue weighted by atomic mass is 16.2. The Labute approximate surface area is 109 Å². The number of benzene rings is 1. The van der Waals surface area contributed by atoms with Crippen molar-refractivity contribution in [2.24, 2.45) is 5.92 Å². The van der Waals surface area contributed by atoms with E-state index >= 15 is 0 Å². The van der Waals surface area contributed by atoms with Crippen molar-refractivity contribution in [3.05, 3.63) is 35.9 Å². The molecule has 0 saturated carbocycles. The molecule has 2 rings (SSSR count). The van der Waals surface area contributed by atoms with Crippen LogP contribution in [-0.4, -0.2) is 30.6 Å². The Morgan fingerprint density at radius 3 is 2.89 bits per heavy atom. The quantitative estimate of drug-likeness (QED) is 0.870. The number of urea groups is 1. The lowest BCUT2D eigenvalue weighted by Crippen LogP contribution is -2.38. The molecule has 2 amide bonds. The van der Waals surface area contributed by atoms with Gasteiger partial charge in [0.2, 0.25) is 0 Å². The molecule has 0 bridgehead atoms. The van der Waals surface area contributed by atoms with Gasteiger partial charge in [0.1, 0.15) is 0 Å². The van der Waals surface area contributed by atoms with Gasteiger partial charge in [-0.2, -0.15) is 0 Å². The lowest BCUT2D eigenvalue weighted by atomic mass is 9.99. The third kappa shape index (κ3) is 3.49. The van der Waals surface area contributed by atoms with E-state index in [0.717, 1.165) is 38.9 Å². The van der Waals surface area contributed by atoms with E-state index in [1.54, 1.807) is 0 Å². The number of rotatable bonds is 4. The smallest absolute Gasteiger partial charge is 0.317 e. The van der Waals surface area contributed by atoms with Crippen LogP contribution in [0.15, 0.2) is 30.3 Å². The molecular weight excluding hydrogens is 224 g/mol. The number of amides is 2. The molecule has 1 heterocycles. The molecule has 1 unspecified atom stereocenters. The number of hydrogen-bond acceptors (Lipinski definition) is 1. The predicted molar refractivity (Wildman–Crippen MR) is 73.5 cm³/mol. The molecule has 0 aromatic heterocycles. The van der Waals surface area contributed by atoms with Gasteiger partial charge in [0, 0.05) is 19.6 Å². The van der Waals surface area contributed by atoms with Crippen LogP contribution >= 0.6 is 0 Å². The van der Waals surface area contributed by atoms with Gasteiger partial charge in [-0.15, -0.1) is 0 Å². The van der Waals surface area contributed by atoms with Gasteiger partial charge in [0.25, 0.3) is 0 Å². The van der Waals surface area contributed by atoms with Crippen molar-refractivity contribution >= 4 is 6.03 Å². The molecule has 1 aromatic carbocycles. The van der Waals surface area contributed by atoms with Crippen LogP contribution in [0.4, 0.5) is 4.79 Å². The highest BCUT2D eigenvalue weighted by molar-refractivity contribution is 5.74. The third-order valence-corrected chi connectivity index (χ3v) is 3.47. The van der Waals surface area contributed by atoms with Gasteiger partial charge in [-0.3, -0.25) is 0 Å². The molecule has 1 aromatic rings. The van der Waals surface area contributed by atoms with Gasteiger partial charge in [-0.05, 0) is 30.7 Å². The molecule has 1 fully saturated rings. The molecule has 1 atom stereocenters. The average Bonchev–Trinajstić information content (AvgIpc) is 2.86. The Kier molecular flexibility index (Phi) is 4.62. The molecule has 3 heteroatoms. The number of carbonyl (C=O) groups is 1. The van der Waals surface area contributed by atoms with Crippen molar-refractivity contribution in [1.82, 2.24) is 10.2 Å². The van der Waals surface area contributed by atoms with Crippen LogP contribution in [0, 0.1) is 5.92 Å². The Hall–Kier alpha value is -1.51. The fraction of sp³-hybridized carbons (Fsp3) is 0.533.